The van der Waals surface area contributed by atoms with E-state index in [1.54, 1.807) is 9.80 Å². The largest absolute Gasteiger partial charge is 0.324 e. The molecule has 1 aliphatic heterocycles. The number of urea groups is 1. The van der Waals surface area contributed by atoms with Gasteiger partial charge in [0, 0.05) is 24.7 Å². The number of carbonyl (C=O) groups excluding carboxylic acids is 2. The van der Waals surface area contributed by atoms with E-state index in [4.69, 9.17) is 11.6 Å². The van der Waals surface area contributed by atoms with Crippen LogP contribution in [-0.4, -0.2) is 29.9 Å². The Kier molecular flexibility index (Phi) is 6.53. The standard InChI is InChI=1S/C25H24ClN3O2/c26-21-12-5-4-11-20(21)18-28-15-8-16-29(25(28)31)23-14-7-6-13-22(23)27-24(30)17-19-9-2-1-3-10-19/h1-7,9-14H,8,15-18H2,(H,27,30). The van der Waals surface area contributed by atoms with Gasteiger partial charge in [-0.2, -0.15) is 0 Å². The number of rotatable bonds is 6. The number of nitrogens with zero attached hydrogens (tertiary/aromatic N) is 2. The van der Waals surface area contributed by atoms with Crippen molar-refractivity contribution in [2.24, 2.45) is 0 Å². The number of benzene rings is 3. The Bertz CT molecular complexity index is 1070. The molecular weight excluding hydrogens is 410 g/mol. The number of para-hydroxylation sites is 2. The maximum Gasteiger partial charge on any atom is 0.324 e. The summed E-state index contributed by atoms with van der Waals surface area (Å²) >= 11 is 6.29. The minimum absolute atomic E-state index is 0.0871. The topological polar surface area (TPSA) is 52.7 Å². The highest BCUT2D eigenvalue weighted by atomic mass is 35.5. The molecule has 0 aliphatic carbocycles. The molecule has 3 amide bonds. The van der Waals surface area contributed by atoms with E-state index in [9.17, 15) is 9.59 Å². The second-order valence-corrected chi connectivity index (χ2v) is 7.94. The number of carbonyl (C=O) groups is 2. The number of nitrogens with one attached hydrogen (secondary N) is 1. The summed E-state index contributed by atoms with van der Waals surface area (Å²) in [4.78, 5) is 29.4. The maximum absolute atomic E-state index is 13.3. The zero-order valence-corrected chi connectivity index (χ0v) is 17.9. The van der Waals surface area contributed by atoms with Gasteiger partial charge < -0.3 is 10.2 Å². The smallest absolute Gasteiger partial charge is 0.324 e. The summed E-state index contributed by atoms with van der Waals surface area (Å²) in [7, 11) is 0. The minimum Gasteiger partial charge on any atom is -0.324 e. The molecule has 0 bridgehead atoms. The van der Waals surface area contributed by atoms with Crippen LogP contribution in [0.4, 0.5) is 16.2 Å². The molecule has 158 valence electrons. The van der Waals surface area contributed by atoms with Crippen molar-refractivity contribution in [2.45, 2.75) is 19.4 Å². The van der Waals surface area contributed by atoms with Crippen LogP contribution in [0.3, 0.4) is 0 Å². The first kappa shape index (κ1) is 20.9. The SMILES string of the molecule is O=C(Cc1ccccc1)Nc1ccccc1N1CCCN(Cc2ccccc2Cl)C1=O. The second-order valence-electron chi connectivity index (χ2n) is 7.53. The van der Waals surface area contributed by atoms with Crippen LogP contribution in [0.5, 0.6) is 0 Å². The first-order valence-corrected chi connectivity index (χ1v) is 10.7. The van der Waals surface area contributed by atoms with Gasteiger partial charge in [-0.15, -0.1) is 0 Å². The van der Waals surface area contributed by atoms with Crippen molar-refractivity contribution in [1.82, 2.24) is 4.90 Å². The molecule has 31 heavy (non-hydrogen) atoms. The van der Waals surface area contributed by atoms with Crippen LogP contribution in [0.2, 0.25) is 5.02 Å². The van der Waals surface area contributed by atoms with Crippen LogP contribution in [0.15, 0.2) is 78.9 Å². The molecule has 0 saturated carbocycles. The third kappa shape index (κ3) is 5.06. The van der Waals surface area contributed by atoms with E-state index in [1.807, 2.05) is 78.9 Å². The predicted octanol–water partition coefficient (Wildman–Crippen LogP) is 5.35. The average molecular weight is 434 g/mol. The average Bonchev–Trinajstić information content (AvgIpc) is 2.78. The number of hydrogen-bond donors (Lipinski definition) is 1. The molecular formula is C25H24ClN3O2. The highest BCUT2D eigenvalue weighted by Crippen LogP contribution is 2.30. The Balaban J connectivity index is 1.50. The molecule has 1 saturated heterocycles. The van der Waals surface area contributed by atoms with Gasteiger partial charge in [-0.3, -0.25) is 9.69 Å². The fourth-order valence-electron chi connectivity index (χ4n) is 3.77. The first-order chi connectivity index (χ1) is 15.1. The molecule has 0 radical (unpaired) electrons. The molecule has 1 N–H and O–H groups in total. The van der Waals surface area contributed by atoms with Crippen LogP contribution in [0.25, 0.3) is 0 Å². The van der Waals surface area contributed by atoms with Crippen molar-refractivity contribution in [1.29, 1.82) is 0 Å². The summed E-state index contributed by atoms with van der Waals surface area (Å²) in [5.41, 5.74) is 3.20. The zero-order valence-electron chi connectivity index (χ0n) is 17.1. The van der Waals surface area contributed by atoms with E-state index in [1.165, 1.54) is 0 Å². The van der Waals surface area contributed by atoms with Crippen LogP contribution < -0.4 is 10.2 Å². The van der Waals surface area contributed by atoms with Gasteiger partial charge in [0.2, 0.25) is 5.91 Å². The fourth-order valence-corrected chi connectivity index (χ4v) is 3.97. The molecule has 0 aromatic heterocycles. The highest BCUT2D eigenvalue weighted by Gasteiger charge is 2.28. The van der Waals surface area contributed by atoms with Gasteiger partial charge in [-0.05, 0) is 35.7 Å². The van der Waals surface area contributed by atoms with Crippen molar-refractivity contribution < 1.29 is 9.59 Å². The third-order valence-corrected chi connectivity index (χ3v) is 5.68. The molecule has 5 nitrogen and oxygen atoms in total. The Morgan fingerprint density at radius 3 is 2.42 bits per heavy atom. The molecule has 0 unspecified atom stereocenters. The molecule has 1 fully saturated rings. The van der Waals surface area contributed by atoms with Gasteiger partial charge in [0.05, 0.1) is 17.8 Å². The summed E-state index contributed by atoms with van der Waals surface area (Å²) in [6.07, 6.45) is 1.12. The van der Waals surface area contributed by atoms with Gasteiger partial charge in [0.1, 0.15) is 0 Å². The van der Waals surface area contributed by atoms with E-state index in [-0.39, 0.29) is 18.4 Å². The molecule has 4 rings (SSSR count). The van der Waals surface area contributed by atoms with Crippen molar-refractivity contribution >= 4 is 34.9 Å². The molecule has 6 heteroatoms. The Hall–Kier alpha value is -3.31. The second kappa shape index (κ2) is 9.67. The zero-order chi connectivity index (χ0) is 21.6. The Morgan fingerprint density at radius 1 is 0.903 bits per heavy atom. The van der Waals surface area contributed by atoms with Crippen LogP contribution >= 0.6 is 11.6 Å². The predicted molar refractivity (Wildman–Crippen MR) is 124 cm³/mol. The molecule has 3 aromatic rings. The van der Waals surface area contributed by atoms with Crippen molar-refractivity contribution in [3.63, 3.8) is 0 Å². The van der Waals surface area contributed by atoms with Crippen molar-refractivity contribution in [2.75, 3.05) is 23.3 Å². The quantitative estimate of drug-likeness (QED) is 0.569. The number of halogens is 1. The Labute approximate surface area is 187 Å². The minimum atomic E-state index is -0.115. The summed E-state index contributed by atoms with van der Waals surface area (Å²) in [5, 5.41) is 3.63. The van der Waals surface area contributed by atoms with Crippen LogP contribution in [0.1, 0.15) is 17.5 Å². The van der Waals surface area contributed by atoms with Crippen molar-refractivity contribution in [3.8, 4) is 0 Å². The summed E-state index contributed by atoms with van der Waals surface area (Å²) < 4.78 is 0. The van der Waals surface area contributed by atoms with Gasteiger partial charge in [-0.25, -0.2) is 4.79 Å². The van der Waals surface area contributed by atoms with Gasteiger partial charge in [0.25, 0.3) is 0 Å². The molecule has 0 atom stereocenters. The molecule has 1 aliphatic rings. The monoisotopic (exact) mass is 433 g/mol. The normalized spacial score (nSPS) is 13.9. The first-order valence-electron chi connectivity index (χ1n) is 10.3. The van der Waals surface area contributed by atoms with Crippen LogP contribution in [-0.2, 0) is 17.8 Å². The fraction of sp³-hybridized carbons (Fsp3) is 0.200. The number of amides is 3. The number of hydrogen-bond acceptors (Lipinski definition) is 2. The lowest BCUT2D eigenvalue weighted by atomic mass is 10.1. The summed E-state index contributed by atoms with van der Waals surface area (Å²) in [5.74, 6) is -0.115. The van der Waals surface area contributed by atoms with E-state index < -0.39 is 0 Å². The third-order valence-electron chi connectivity index (χ3n) is 5.31. The summed E-state index contributed by atoms with van der Waals surface area (Å²) in [6.45, 7) is 1.73. The van der Waals surface area contributed by atoms with Crippen molar-refractivity contribution in [3.05, 3.63) is 95.0 Å². The Morgan fingerprint density at radius 2 is 1.61 bits per heavy atom. The van der Waals surface area contributed by atoms with Gasteiger partial charge in [-0.1, -0.05) is 72.3 Å². The van der Waals surface area contributed by atoms with E-state index >= 15 is 0 Å². The van der Waals surface area contributed by atoms with E-state index in [0.29, 0.717) is 36.0 Å². The van der Waals surface area contributed by atoms with Gasteiger partial charge in [0.15, 0.2) is 0 Å². The number of anilines is 2. The lowest BCUT2D eigenvalue weighted by Crippen LogP contribution is -2.49. The van der Waals surface area contributed by atoms with Gasteiger partial charge >= 0.3 is 6.03 Å². The molecule has 0 spiro atoms. The van der Waals surface area contributed by atoms with E-state index in [2.05, 4.69) is 5.32 Å². The van der Waals surface area contributed by atoms with E-state index in [0.717, 1.165) is 17.5 Å². The lowest BCUT2D eigenvalue weighted by Gasteiger charge is -2.36. The molecule has 1 heterocycles. The summed E-state index contributed by atoms with van der Waals surface area (Å²) in [6, 6.07) is 24.5. The van der Waals surface area contributed by atoms with Crippen LogP contribution in [0, 0.1) is 0 Å². The maximum atomic E-state index is 13.3. The highest BCUT2D eigenvalue weighted by molar-refractivity contribution is 6.31. The molecule has 3 aromatic carbocycles. The lowest BCUT2D eigenvalue weighted by molar-refractivity contribution is -0.115.